The molecule has 0 atom stereocenters. The summed E-state index contributed by atoms with van der Waals surface area (Å²) in [5.74, 6) is 0.0746. The quantitative estimate of drug-likeness (QED) is 0.878. The maximum atomic E-state index is 11.9. The number of hydrogen-bond acceptors (Lipinski definition) is 2. The van der Waals surface area contributed by atoms with Crippen molar-refractivity contribution in [2.75, 3.05) is 0 Å². The highest BCUT2D eigenvalue weighted by Gasteiger charge is 2.08. The van der Waals surface area contributed by atoms with Gasteiger partial charge in [-0.3, -0.25) is 9.89 Å². The van der Waals surface area contributed by atoms with Crippen molar-refractivity contribution in [1.82, 2.24) is 15.5 Å². The van der Waals surface area contributed by atoms with E-state index in [0.29, 0.717) is 13.0 Å². The van der Waals surface area contributed by atoms with Crippen molar-refractivity contribution in [2.24, 2.45) is 0 Å². The van der Waals surface area contributed by atoms with Gasteiger partial charge >= 0.3 is 0 Å². The van der Waals surface area contributed by atoms with Gasteiger partial charge in [-0.1, -0.05) is 29.8 Å². The first-order valence-electron chi connectivity index (χ1n) is 6.89. The molecule has 2 rings (SSSR count). The molecule has 106 valence electrons. The largest absolute Gasteiger partial charge is 0.352 e. The molecule has 0 aliphatic rings. The van der Waals surface area contributed by atoms with E-state index in [9.17, 15) is 4.79 Å². The standard InChI is InChI=1S/C16H21N3O/c1-11-4-6-14(7-5-11)8-9-16(20)17-10-15-12(2)18-19-13(15)3/h4-7H,8-10H2,1-3H3,(H,17,20)(H,18,19). The SMILES string of the molecule is Cc1ccc(CCC(=O)NCc2c(C)n[nH]c2C)cc1. The van der Waals surface area contributed by atoms with Crippen LogP contribution in [-0.4, -0.2) is 16.1 Å². The van der Waals surface area contributed by atoms with Crippen LogP contribution in [0.1, 0.15) is 34.5 Å². The first kappa shape index (κ1) is 14.3. The zero-order chi connectivity index (χ0) is 14.5. The highest BCUT2D eigenvalue weighted by atomic mass is 16.1. The lowest BCUT2D eigenvalue weighted by Gasteiger charge is -2.06. The maximum Gasteiger partial charge on any atom is 0.220 e. The summed E-state index contributed by atoms with van der Waals surface area (Å²) in [6, 6.07) is 8.30. The van der Waals surface area contributed by atoms with Gasteiger partial charge in [0.25, 0.3) is 0 Å². The molecule has 1 heterocycles. The third-order valence-corrected chi connectivity index (χ3v) is 3.50. The van der Waals surface area contributed by atoms with Crippen LogP contribution in [0.25, 0.3) is 0 Å². The van der Waals surface area contributed by atoms with Gasteiger partial charge in [0.05, 0.1) is 5.69 Å². The molecule has 0 bridgehead atoms. The van der Waals surface area contributed by atoms with Crippen molar-refractivity contribution >= 4 is 5.91 Å². The van der Waals surface area contributed by atoms with Crippen LogP contribution in [0.15, 0.2) is 24.3 Å². The van der Waals surface area contributed by atoms with Gasteiger partial charge in [-0.05, 0) is 32.8 Å². The van der Waals surface area contributed by atoms with Crippen LogP contribution in [0.4, 0.5) is 0 Å². The fourth-order valence-corrected chi connectivity index (χ4v) is 2.12. The number of benzene rings is 1. The van der Waals surface area contributed by atoms with Crippen molar-refractivity contribution in [3.8, 4) is 0 Å². The third kappa shape index (κ3) is 3.70. The summed E-state index contributed by atoms with van der Waals surface area (Å²) < 4.78 is 0. The van der Waals surface area contributed by atoms with E-state index in [1.807, 2.05) is 13.8 Å². The minimum Gasteiger partial charge on any atom is -0.352 e. The van der Waals surface area contributed by atoms with Gasteiger partial charge in [0, 0.05) is 24.2 Å². The summed E-state index contributed by atoms with van der Waals surface area (Å²) in [7, 11) is 0. The minimum atomic E-state index is 0.0746. The Morgan fingerprint density at radius 1 is 1.20 bits per heavy atom. The summed E-state index contributed by atoms with van der Waals surface area (Å²) in [6.45, 7) is 6.51. The van der Waals surface area contributed by atoms with E-state index in [2.05, 4.69) is 46.7 Å². The first-order chi connectivity index (χ1) is 9.56. The van der Waals surface area contributed by atoms with Crippen LogP contribution < -0.4 is 5.32 Å². The van der Waals surface area contributed by atoms with Crippen molar-refractivity contribution in [3.63, 3.8) is 0 Å². The van der Waals surface area contributed by atoms with Crippen molar-refractivity contribution in [2.45, 2.75) is 40.2 Å². The van der Waals surface area contributed by atoms with E-state index in [0.717, 1.165) is 23.4 Å². The van der Waals surface area contributed by atoms with Gasteiger partial charge in [0.15, 0.2) is 0 Å². The third-order valence-electron chi connectivity index (χ3n) is 3.50. The number of rotatable bonds is 5. The predicted molar refractivity (Wildman–Crippen MR) is 79.4 cm³/mol. The molecular formula is C16H21N3O. The summed E-state index contributed by atoms with van der Waals surface area (Å²) in [6.07, 6.45) is 1.29. The number of aromatic nitrogens is 2. The molecule has 0 saturated carbocycles. The number of amides is 1. The molecule has 1 aromatic heterocycles. The van der Waals surface area contributed by atoms with Gasteiger partial charge in [0.1, 0.15) is 0 Å². The fourth-order valence-electron chi connectivity index (χ4n) is 2.12. The molecule has 0 radical (unpaired) electrons. The molecule has 20 heavy (non-hydrogen) atoms. The number of carbonyl (C=O) groups excluding carboxylic acids is 1. The Morgan fingerprint density at radius 3 is 2.50 bits per heavy atom. The van der Waals surface area contributed by atoms with Crippen LogP contribution in [-0.2, 0) is 17.8 Å². The van der Waals surface area contributed by atoms with Gasteiger partial charge < -0.3 is 5.32 Å². The molecule has 2 N–H and O–H groups in total. The van der Waals surface area contributed by atoms with Crippen molar-refractivity contribution in [3.05, 3.63) is 52.3 Å². The average molecular weight is 271 g/mol. The van der Waals surface area contributed by atoms with E-state index in [-0.39, 0.29) is 5.91 Å². The monoisotopic (exact) mass is 271 g/mol. The zero-order valence-electron chi connectivity index (χ0n) is 12.3. The molecule has 0 fully saturated rings. The summed E-state index contributed by atoms with van der Waals surface area (Å²) >= 11 is 0. The maximum absolute atomic E-state index is 11.9. The van der Waals surface area contributed by atoms with Gasteiger partial charge in [-0.25, -0.2) is 0 Å². The number of aromatic amines is 1. The highest BCUT2D eigenvalue weighted by molar-refractivity contribution is 5.76. The zero-order valence-corrected chi connectivity index (χ0v) is 12.3. The summed E-state index contributed by atoms with van der Waals surface area (Å²) in [5.41, 5.74) is 5.47. The second kappa shape index (κ2) is 6.37. The second-order valence-corrected chi connectivity index (χ2v) is 5.17. The second-order valence-electron chi connectivity index (χ2n) is 5.17. The Bertz CT molecular complexity index is 565. The van der Waals surface area contributed by atoms with Crippen LogP contribution in [0.5, 0.6) is 0 Å². The van der Waals surface area contributed by atoms with E-state index in [1.54, 1.807) is 0 Å². The summed E-state index contributed by atoms with van der Waals surface area (Å²) in [5, 5.41) is 9.99. The van der Waals surface area contributed by atoms with Gasteiger partial charge in [-0.15, -0.1) is 0 Å². The molecule has 4 nitrogen and oxygen atoms in total. The van der Waals surface area contributed by atoms with Crippen molar-refractivity contribution < 1.29 is 4.79 Å². The van der Waals surface area contributed by atoms with E-state index in [1.165, 1.54) is 11.1 Å². The number of hydrogen-bond donors (Lipinski definition) is 2. The molecule has 2 aromatic rings. The lowest BCUT2D eigenvalue weighted by atomic mass is 10.1. The Kier molecular flexibility index (Phi) is 4.56. The highest BCUT2D eigenvalue weighted by Crippen LogP contribution is 2.09. The van der Waals surface area contributed by atoms with Crippen LogP contribution >= 0.6 is 0 Å². The Balaban J connectivity index is 1.80. The summed E-state index contributed by atoms with van der Waals surface area (Å²) in [4.78, 5) is 11.9. The number of nitrogens with zero attached hydrogens (tertiary/aromatic N) is 1. The molecule has 0 spiro atoms. The number of nitrogens with one attached hydrogen (secondary N) is 2. The molecule has 0 aliphatic carbocycles. The molecule has 0 saturated heterocycles. The smallest absolute Gasteiger partial charge is 0.220 e. The molecule has 0 aliphatic heterocycles. The number of aryl methyl sites for hydroxylation is 4. The van der Waals surface area contributed by atoms with Crippen LogP contribution in [0, 0.1) is 20.8 Å². The van der Waals surface area contributed by atoms with Gasteiger partial charge in [0.2, 0.25) is 5.91 Å². The fraction of sp³-hybridized carbons (Fsp3) is 0.375. The molecule has 4 heteroatoms. The Morgan fingerprint density at radius 2 is 1.90 bits per heavy atom. The normalized spacial score (nSPS) is 10.6. The topological polar surface area (TPSA) is 57.8 Å². The molecular weight excluding hydrogens is 250 g/mol. The first-order valence-corrected chi connectivity index (χ1v) is 6.89. The number of H-pyrrole nitrogens is 1. The minimum absolute atomic E-state index is 0.0746. The average Bonchev–Trinajstić information content (AvgIpc) is 2.75. The lowest BCUT2D eigenvalue weighted by Crippen LogP contribution is -2.23. The van der Waals surface area contributed by atoms with Crippen LogP contribution in [0.3, 0.4) is 0 Å². The Labute approximate surface area is 119 Å². The van der Waals surface area contributed by atoms with Gasteiger partial charge in [-0.2, -0.15) is 5.10 Å². The Hall–Kier alpha value is -2.10. The van der Waals surface area contributed by atoms with E-state index in [4.69, 9.17) is 0 Å². The van der Waals surface area contributed by atoms with Crippen molar-refractivity contribution in [1.29, 1.82) is 0 Å². The molecule has 0 unspecified atom stereocenters. The lowest BCUT2D eigenvalue weighted by molar-refractivity contribution is -0.121. The van der Waals surface area contributed by atoms with Crippen LogP contribution in [0.2, 0.25) is 0 Å². The number of carbonyl (C=O) groups is 1. The molecule has 1 amide bonds. The van der Waals surface area contributed by atoms with E-state index < -0.39 is 0 Å². The molecule has 1 aromatic carbocycles. The predicted octanol–water partition coefficient (Wildman–Crippen LogP) is 2.58. The van der Waals surface area contributed by atoms with E-state index >= 15 is 0 Å².